The molecule has 0 saturated carbocycles. The van der Waals surface area contributed by atoms with Gasteiger partial charge in [-0.1, -0.05) is 35.0 Å². The molecule has 2 rings (SSSR count). The molecule has 1 aliphatic rings. The van der Waals surface area contributed by atoms with E-state index in [1.54, 1.807) is 0 Å². The van der Waals surface area contributed by atoms with Crippen molar-refractivity contribution in [1.82, 2.24) is 10.2 Å². The topological polar surface area (TPSA) is 79.9 Å². The van der Waals surface area contributed by atoms with Gasteiger partial charge >= 0.3 is 0 Å². The molecule has 1 aromatic carbocycles. The highest BCUT2D eigenvalue weighted by atomic mass is 16.6. The zero-order chi connectivity index (χ0) is 15.8. The molecule has 1 amide bonds. The Hall–Kier alpha value is -2.08. The first-order chi connectivity index (χ1) is 10.6. The molecular formula is C16H24N4O2. The maximum atomic E-state index is 11.7. The Morgan fingerprint density at radius 2 is 2.00 bits per heavy atom. The van der Waals surface area contributed by atoms with Crippen molar-refractivity contribution in [2.24, 2.45) is 10.9 Å². The summed E-state index contributed by atoms with van der Waals surface area (Å²) in [4.78, 5) is 18.9. The van der Waals surface area contributed by atoms with Gasteiger partial charge in [0.2, 0.25) is 0 Å². The number of amidine groups is 1. The van der Waals surface area contributed by atoms with Crippen LogP contribution in [0.2, 0.25) is 0 Å². The van der Waals surface area contributed by atoms with Gasteiger partial charge in [0.05, 0.1) is 6.54 Å². The van der Waals surface area contributed by atoms with Crippen molar-refractivity contribution in [1.29, 1.82) is 0 Å². The number of amides is 1. The smallest absolute Gasteiger partial charge is 0.261 e. The highest BCUT2D eigenvalue weighted by molar-refractivity contribution is 5.82. The van der Waals surface area contributed by atoms with E-state index < -0.39 is 0 Å². The summed E-state index contributed by atoms with van der Waals surface area (Å²) < 4.78 is 0. The van der Waals surface area contributed by atoms with Crippen LogP contribution in [0.5, 0.6) is 0 Å². The Morgan fingerprint density at radius 1 is 1.32 bits per heavy atom. The number of aryl methyl sites for hydroxylation is 1. The average molecular weight is 304 g/mol. The maximum Gasteiger partial charge on any atom is 0.261 e. The van der Waals surface area contributed by atoms with Crippen molar-refractivity contribution < 1.29 is 9.63 Å². The molecule has 0 radical (unpaired) electrons. The van der Waals surface area contributed by atoms with Crippen molar-refractivity contribution in [2.45, 2.75) is 26.3 Å². The van der Waals surface area contributed by atoms with Crippen LogP contribution in [0, 0.1) is 6.92 Å². The van der Waals surface area contributed by atoms with E-state index in [2.05, 4.69) is 15.4 Å². The third kappa shape index (κ3) is 5.73. The van der Waals surface area contributed by atoms with E-state index in [-0.39, 0.29) is 12.5 Å². The SMILES string of the molecule is Cc1ccc(CNC(=O)CON=C(N)CN2CCCC2)cc1. The number of benzene rings is 1. The second kappa shape index (κ2) is 8.38. The predicted molar refractivity (Wildman–Crippen MR) is 86.3 cm³/mol. The number of hydrogen-bond donors (Lipinski definition) is 2. The fourth-order valence-electron chi connectivity index (χ4n) is 2.33. The van der Waals surface area contributed by atoms with Crippen LogP contribution in [-0.4, -0.2) is 42.9 Å². The highest BCUT2D eigenvalue weighted by Gasteiger charge is 2.12. The Morgan fingerprint density at radius 3 is 2.68 bits per heavy atom. The Bertz CT molecular complexity index is 507. The minimum Gasteiger partial charge on any atom is -0.384 e. The minimum atomic E-state index is -0.210. The van der Waals surface area contributed by atoms with E-state index >= 15 is 0 Å². The van der Waals surface area contributed by atoms with E-state index in [9.17, 15) is 4.79 Å². The maximum absolute atomic E-state index is 11.7. The minimum absolute atomic E-state index is 0.118. The number of likely N-dealkylation sites (tertiary alicyclic amines) is 1. The first kappa shape index (κ1) is 16.3. The Balaban J connectivity index is 1.63. The molecule has 0 atom stereocenters. The van der Waals surface area contributed by atoms with Crippen molar-refractivity contribution in [2.75, 3.05) is 26.2 Å². The lowest BCUT2D eigenvalue weighted by molar-refractivity contribution is -0.125. The molecule has 1 aliphatic heterocycles. The van der Waals surface area contributed by atoms with Crippen LogP contribution in [0.3, 0.4) is 0 Å². The summed E-state index contributed by atoms with van der Waals surface area (Å²) in [7, 11) is 0. The van der Waals surface area contributed by atoms with Crippen LogP contribution < -0.4 is 11.1 Å². The van der Waals surface area contributed by atoms with Crippen LogP contribution in [0.15, 0.2) is 29.4 Å². The summed E-state index contributed by atoms with van der Waals surface area (Å²) in [6.07, 6.45) is 2.41. The summed E-state index contributed by atoms with van der Waals surface area (Å²) in [5.74, 6) is 0.200. The average Bonchev–Trinajstić information content (AvgIpc) is 2.99. The van der Waals surface area contributed by atoms with Crippen molar-refractivity contribution in [3.8, 4) is 0 Å². The lowest BCUT2D eigenvalue weighted by Crippen LogP contribution is -2.32. The van der Waals surface area contributed by atoms with E-state index in [0.717, 1.165) is 18.7 Å². The number of nitrogens with one attached hydrogen (secondary N) is 1. The molecule has 0 aliphatic carbocycles. The summed E-state index contributed by atoms with van der Waals surface area (Å²) in [6, 6.07) is 8.01. The van der Waals surface area contributed by atoms with E-state index in [0.29, 0.717) is 18.9 Å². The van der Waals surface area contributed by atoms with Crippen molar-refractivity contribution in [3.63, 3.8) is 0 Å². The first-order valence-corrected chi connectivity index (χ1v) is 7.62. The fraction of sp³-hybridized carbons (Fsp3) is 0.500. The predicted octanol–water partition coefficient (Wildman–Crippen LogP) is 0.996. The van der Waals surface area contributed by atoms with Gasteiger partial charge in [-0.3, -0.25) is 9.69 Å². The normalized spacial score (nSPS) is 15.8. The monoisotopic (exact) mass is 304 g/mol. The quantitative estimate of drug-likeness (QED) is 0.447. The lowest BCUT2D eigenvalue weighted by Gasteiger charge is -2.13. The zero-order valence-electron chi connectivity index (χ0n) is 13.0. The molecule has 3 N–H and O–H groups in total. The molecule has 22 heavy (non-hydrogen) atoms. The molecule has 1 aromatic rings. The molecule has 1 heterocycles. The van der Waals surface area contributed by atoms with E-state index in [1.165, 1.54) is 18.4 Å². The Labute approximate surface area is 131 Å². The van der Waals surface area contributed by atoms with Gasteiger partial charge in [0, 0.05) is 6.54 Å². The third-order valence-corrected chi connectivity index (χ3v) is 3.57. The lowest BCUT2D eigenvalue weighted by atomic mass is 10.1. The van der Waals surface area contributed by atoms with Gasteiger partial charge in [0.1, 0.15) is 0 Å². The number of carbonyl (C=O) groups is 1. The number of rotatable bonds is 7. The summed E-state index contributed by atoms with van der Waals surface area (Å²) in [5.41, 5.74) is 8.02. The molecule has 6 nitrogen and oxygen atoms in total. The molecule has 0 bridgehead atoms. The van der Waals surface area contributed by atoms with Crippen molar-refractivity contribution >= 4 is 11.7 Å². The zero-order valence-corrected chi connectivity index (χ0v) is 13.0. The summed E-state index contributed by atoms with van der Waals surface area (Å²) >= 11 is 0. The summed E-state index contributed by atoms with van der Waals surface area (Å²) in [6.45, 7) is 5.09. The van der Waals surface area contributed by atoms with Gasteiger partial charge in [-0.2, -0.15) is 0 Å². The molecule has 1 fully saturated rings. The third-order valence-electron chi connectivity index (χ3n) is 3.57. The Kier molecular flexibility index (Phi) is 6.21. The number of carbonyl (C=O) groups excluding carboxylic acids is 1. The van der Waals surface area contributed by atoms with Crippen LogP contribution in [0.1, 0.15) is 24.0 Å². The molecule has 0 spiro atoms. The number of oxime groups is 1. The second-order valence-electron chi connectivity index (χ2n) is 5.60. The molecular weight excluding hydrogens is 280 g/mol. The van der Waals surface area contributed by atoms with Gasteiger partial charge in [-0.05, 0) is 38.4 Å². The second-order valence-corrected chi connectivity index (χ2v) is 5.60. The van der Waals surface area contributed by atoms with Gasteiger partial charge in [0.15, 0.2) is 12.4 Å². The molecule has 1 saturated heterocycles. The molecule has 6 heteroatoms. The van der Waals surface area contributed by atoms with Crippen LogP contribution >= 0.6 is 0 Å². The molecule has 0 unspecified atom stereocenters. The van der Waals surface area contributed by atoms with Crippen LogP contribution in [0.4, 0.5) is 0 Å². The van der Waals surface area contributed by atoms with Crippen molar-refractivity contribution in [3.05, 3.63) is 35.4 Å². The number of nitrogens with two attached hydrogens (primary N) is 1. The summed E-state index contributed by atoms with van der Waals surface area (Å²) in [5, 5.41) is 6.57. The fourth-order valence-corrected chi connectivity index (χ4v) is 2.33. The van der Waals surface area contributed by atoms with E-state index in [1.807, 2.05) is 31.2 Å². The molecule has 120 valence electrons. The van der Waals surface area contributed by atoms with Gasteiger partial charge in [0.25, 0.3) is 5.91 Å². The van der Waals surface area contributed by atoms with Crippen LogP contribution in [-0.2, 0) is 16.2 Å². The van der Waals surface area contributed by atoms with Gasteiger partial charge < -0.3 is 15.9 Å². The molecule has 0 aromatic heterocycles. The van der Waals surface area contributed by atoms with Gasteiger partial charge in [-0.15, -0.1) is 0 Å². The van der Waals surface area contributed by atoms with Crippen LogP contribution in [0.25, 0.3) is 0 Å². The largest absolute Gasteiger partial charge is 0.384 e. The van der Waals surface area contributed by atoms with Gasteiger partial charge in [-0.25, -0.2) is 0 Å². The number of hydrogen-bond acceptors (Lipinski definition) is 4. The number of nitrogens with zero attached hydrogens (tertiary/aromatic N) is 2. The standard InChI is InChI=1S/C16H24N4O2/c1-13-4-6-14(7-5-13)10-18-16(21)12-22-19-15(17)11-20-8-2-3-9-20/h4-7H,2-3,8-12H2,1H3,(H2,17,19)(H,18,21). The van der Waals surface area contributed by atoms with E-state index in [4.69, 9.17) is 10.6 Å². The first-order valence-electron chi connectivity index (χ1n) is 7.62. The highest BCUT2D eigenvalue weighted by Crippen LogP contribution is 2.06.